The number of likely N-dealkylation sites (tertiary alicyclic amines) is 1. The van der Waals surface area contributed by atoms with Crippen LogP contribution in [0.1, 0.15) is 33.6 Å². The van der Waals surface area contributed by atoms with E-state index in [1.54, 1.807) is 20.4 Å². The van der Waals surface area contributed by atoms with Crippen LogP contribution in [0.5, 0.6) is 0 Å². The molecular weight excluding hydrogens is 357 g/mol. The number of halogens is 3. The van der Waals surface area contributed by atoms with Gasteiger partial charge in [0.1, 0.15) is 6.29 Å². The summed E-state index contributed by atoms with van der Waals surface area (Å²) in [7, 11) is 3.44. The van der Waals surface area contributed by atoms with E-state index in [0.29, 0.717) is 31.1 Å². The molecule has 0 saturated carbocycles. The number of aldehydes is 1. The topological polar surface area (TPSA) is 32.8 Å². The molecule has 0 aromatic heterocycles. The van der Waals surface area contributed by atoms with Gasteiger partial charge in [0.15, 0.2) is 0 Å². The molecule has 7 heteroatoms. The Hall–Kier alpha value is -1.34. The lowest BCUT2D eigenvalue weighted by Gasteiger charge is -2.39. The Kier molecular flexibility index (Phi) is 9.53. The number of hydrogen-bond donors (Lipinski definition) is 0. The van der Waals surface area contributed by atoms with Gasteiger partial charge in [0, 0.05) is 52.0 Å². The van der Waals surface area contributed by atoms with Crippen molar-refractivity contribution in [2.45, 2.75) is 45.8 Å². The molecule has 27 heavy (non-hydrogen) atoms. The van der Waals surface area contributed by atoms with Crippen molar-refractivity contribution in [3.8, 4) is 0 Å². The van der Waals surface area contributed by atoms with Gasteiger partial charge in [-0.3, -0.25) is 4.79 Å². The summed E-state index contributed by atoms with van der Waals surface area (Å²) in [6.07, 6.45) is -1.02. The average Bonchev–Trinajstić information content (AvgIpc) is 2.51. The molecule has 1 fully saturated rings. The summed E-state index contributed by atoms with van der Waals surface area (Å²) in [6, 6.07) is 0.112. The van der Waals surface area contributed by atoms with E-state index in [0.717, 1.165) is 19.5 Å². The summed E-state index contributed by atoms with van der Waals surface area (Å²) in [4.78, 5) is 14.7. The van der Waals surface area contributed by atoms with Crippen molar-refractivity contribution in [1.29, 1.82) is 0 Å². The van der Waals surface area contributed by atoms with Gasteiger partial charge in [-0.25, -0.2) is 0 Å². The van der Waals surface area contributed by atoms with Gasteiger partial charge in [-0.15, -0.1) is 0 Å². The summed E-state index contributed by atoms with van der Waals surface area (Å²) in [5, 5.41) is 0. The lowest BCUT2D eigenvalue weighted by Crippen LogP contribution is -2.48. The van der Waals surface area contributed by atoms with Gasteiger partial charge in [-0.2, -0.15) is 13.2 Å². The number of alkyl halides is 3. The predicted octanol–water partition coefficient (Wildman–Crippen LogP) is 3.89. The number of methoxy groups -OCH3 is 1. The van der Waals surface area contributed by atoms with E-state index in [1.165, 1.54) is 0 Å². The van der Waals surface area contributed by atoms with Crippen LogP contribution < -0.4 is 0 Å². The molecule has 0 bridgehead atoms. The number of hydrogen-bond acceptors (Lipinski definition) is 4. The molecule has 0 aromatic carbocycles. The molecule has 0 amide bonds. The summed E-state index contributed by atoms with van der Waals surface area (Å²) in [5.41, 5.74) is -0.696. The first-order valence-corrected chi connectivity index (χ1v) is 9.45. The maximum Gasteiger partial charge on any atom is 0.416 e. The molecule has 4 nitrogen and oxygen atoms in total. The second kappa shape index (κ2) is 10.9. The Morgan fingerprint density at radius 3 is 2.41 bits per heavy atom. The number of rotatable bonds is 11. The summed E-state index contributed by atoms with van der Waals surface area (Å²) in [5.74, 6) is 0.898. The lowest BCUT2D eigenvalue weighted by atomic mass is 9.97. The van der Waals surface area contributed by atoms with E-state index < -0.39 is 11.7 Å². The molecule has 1 aliphatic heterocycles. The van der Waals surface area contributed by atoms with Crippen molar-refractivity contribution in [1.82, 2.24) is 9.80 Å². The van der Waals surface area contributed by atoms with Crippen LogP contribution in [0.25, 0.3) is 0 Å². The first-order valence-electron chi connectivity index (χ1n) is 9.45. The second-order valence-electron chi connectivity index (χ2n) is 7.84. The number of ether oxygens (including phenoxy) is 1. The van der Waals surface area contributed by atoms with Crippen molar-refractivity contribution in [3.05, 3.63) is 23.4 Å². The van der Waals surface area contributed by atoms with E-state index in [-0.39, 0.29) is 24.3 Å². The zero-order chi connectivity index (χ0) is 20.6. The Labute approximate surface area is 161 Å². The Bertz CT molecular complexity index is 524. The SMILES string of the molecule is COCC1CN(CCC(=C/N(C)C(C)CC(C)C)/C(=C\C=O)C(F)(F)F)C1. The van der Waals surface area contributed by atoms with Crippen molar-refractivity contribution in [2.75, 3.05) is 40.4 Å². The molecule has 156 valence electrons. The Morgan fingerprint density at radius 1 is 1.30 bits per heavy atom. The van der Waals surface area contributed by atoms with Crippen LogP contribution in [0.15, 0.2) is 23.4 Å². The summed E-state index contributed by atoms with van der Waals surface area (Å²) < 4.78 is 45.6. The maximum absolute atomic E-state index is 13.5. The minimum atomic E-state index is -4.55. The second-order valence-corrected chi connectivity index (χ2v) is 7.84. The number of nitrogens with zero attached hydrogens (tertiary/aromatic N) is 2. The van der Waals surface area contributed by atoms with Gasteiger partial charge in [0.2, 0.25) is 0 Å². The number of carbonyl (C=O) groups excluding carboxylic acids is 1. The zero-order valence-corrected chi connectivity index (χ0v) is 17.1. The summed E-state index contributed by atoms with van der Waals surface area (Å²) >= 11 is 0. The number of carbonyl (C=O) groups is 1. The van der Waals surface area contributed by atoms with E-state index in [1.807, 2.05) is 11.8 Å². The molecule has 0 N–H and O–H groups in total. The molecule has 1 heterocycles. The van der Waals surface area contributed by atoms with Crippen molar-refractivity contribution in [3.63, 3.8) is 0 Å². The summed E-state index contributed by atoms with van der Waals surface area (Å²) in [6.45, 7) is 9.04. The molecule has 1 unspecified atom stereocenters. The van der Waals surface area contributed by atoms with Crippen LogP contribution in [-0.4, -0.2) is 68.7 Å². The maximum atomic E-state index is 13.5. The fourth-order valence-electron chi connectivity index (χ4n) is 3.42. The third-order valence-electron chi connectivity index (χ3n) is 4.89. The standard InChI is InChI=1S/C20H33F3N2O2/c1-15(2)10-16(3)24(4)13-18(19(7-9-26)20(21,22)23)6-8-25-11-17(12-25)14-27-5/h7,9,13,15-17H,6,8,10-12,14H2,1-5H3/b18-13-,19-7+. The molecule has 0 radical (unpaired) electrons. The molecule has 0 aromatic rings. The van der Waals surface area contributed by atoms with Crippen LogP contribution >= 0.6 is 0 Å². The zero-order valence-electron chi connectivity index (χ0n) is 17.1. The highest BCUT2D eigenvalue weighted by Gasteiger charge is 2.36. The van der Waals surface area contributed by atoms with Crippen LogP contribution in [0.2, 0.25) is 0 Å². The van der Waals surface area contributed by atoms with Gasteiger partial charge in [-0.05, 0) is 37.3 Å². The fraction of sp³-hybridized carbons (Fsp3) is 0.750. The van der Waals surface area contributed by atoms with Gasteiger partial charge in [-0.1, -0.05) is 13.8 Å². The first-order chi connectivity index (χ1) is 12.6. The molecule has 0 spiro atoms. The van der Waals surface area contributed by atoms with Crippen LogP contribution in [0.3, 0.4) is 0 Å². The van der Waals surface area contributed by atoms with Crippen LogP contribution in [0, 0.1) is 11.8 Å². The lowest BCUT2D eigenvalue weighted by molar-refractivity contribution is -0.106. The highest BCUT2D eigenvalue weighted by atomic mass is 19.4. The van der Waals surface area contributed by atoms with Gasteiger partial charge < -0.3 is 14.5 Å². The molecule has 0 aliphatic carbocycles. The quantitative estimate of drug-likeness (QED) is 0.304. The normalized spacial score (nSPS) is 18.6. The smallest absolute Gasteiger partial charge is 0.384 e. The van der Waals surface area contributed by atoms with Crippen LogP contribution in [-0.2, 0) is 9.53 Å². The monoisotopic (exact) mass is 390 g/mol. The largest absolute Gasteiger partial charge is 0.416 e. The predicted molar refractivity (Wildman–Crippen MR) is 101 cm³/mol. The van der Waals surface area contributed by atoms with Gasteiger partial charge in [0.05, 0.1) is 12.2 Å². The highest BCUT2D eigenvalue weighted by Crippen LogP contribution is 2.33. The third kappa shape index (κ3) is 8.05. The van der Waals surface area contributed by atoms with Crippen LogP contribution in [0.4, 0.5) is 13.2 Å². The van der Waals surface area contributed by atoms with Crippen molar-refractivity contribution >= 4 is 6.29 Å². The van der Waals surface area contributed by atoms with Gasteiger partial charge >= 0.3 is 6.18 Å². The average molecular weight is 390 g/mol. The molecule has 1 rings (SSSR count). The van der Waals surface area contributed by atoms with Crippen molar-refractivity contribution in [2.24, 2.45) is 11.8 Å². The minimum Gasteiger partial charge on any atom is -0.384 e. The van der Waals surface area contributed by atoms with Gasteiger partial charge in [0.25, 0.3) is 0 Å². The van der Waals surface area contributed by atoms with E-state index >= 15 is 0 Å². The Balaban J connectivity index is 2.90. The molecule has 1 atom stereocenters. The highest BCUT2D eigenvalue weighted by molar-refractivity contribution is 5.68. The minimum absolute atomic E-state index is 0.112. The Morgan fingerprint density at radius 2 is 1.93 bits per heavy atom. The molecule has 1 aliphatic rings. The van der Waals surface area contributed by atoms with E-state index in [2.05, 4.69) is 18.7 Å². The number of allylic oxidation sites excluding steroid dienone is 2. The molecular formula is C20H33F3N2O2. The first kappa shape index (κ1) is 23.7. The fourth-order valence-corrected chi connectivity index (χ4v) is 3.42. The van der Waals surface area contributed by atoms with E-state index in [9.17, 15) is 18.0 Å². The van der Waals surface area contributed by atoms with Crippen molar-refractivity contribution < 1.29 is 22.7 Å². The third-order valence-corrected chi connectivity index (χ3v) is 4.89. The molecule has 1 saturated heterocycles. The van der Waals surface area contributed by atoms with E-state index in [4.69, 9.17) is 4.74 Å².